The second kappa shape index (κ2) is 1.58. The van der Waals surface area contributed by atoms with Gasteiger partial charge in [-0.3, -0.25) is 5.26 Å². The van der Waals surface area contributed by atoms with Gasteiger partial charge in [0.05, 0.1) is 6.10 Å². The molecule has 1 saturated carbocycles. The van der Waals surface area contributed by atoms with Gasteiger partial charge in [-0.25, -0.2) is 4.89 Å². The summed E-state index contributed by atoms with van der Waals surface area (Å²) in [6, 6.07) is 0. The first-order valence-corrected chi connectivity index (χ1v) is 2.23. The van der Waals surface area contributed by atoms with E-state index >= 15 is 0 Å². The molecule has 0 saturated heterocycles. The van der Waals surface area contributed by atoms with Gasteiger partial charge in [0.2, 0.25) is 0 Å². The zero-order chi connectivity index (χ0) is 4.41. The van der Waals surface area contributed by atoms with Gasteiger partial charge in [-0.1, -0.05) is 0 Å². The van der Waals surface area contributed by atoms with E-state index in [0.29, 0.717) is 0 Å². The maximum atomic E-state index is 7.89. The van der Waals surface area contributed by atoms with Gasteiger partial charge >= 0.3 is 0 Å². The predicted molar refractivity (Wildman–Crippen MR) is 21.4 cm³/mol. The molecule has 1 aliphatic carbocycles. The molecular weight excluding hydrogens is 80.0 g/mol. The van der Waals surface area contributed by atoms with Gasteiger partial charge in [0.25, 0.3) is 0 Å². The standard InChI is InChI=1S/C4H8O2/c5-6-4-2-1-3-4/h4-5H,1-3H2. The topological polar surface area (TPSA) is 29.5 Å². The third kappa shape index (κ3) is 0.533. The summed E-state index contributed by atoms with van der Waals surface area (Å²) in [5.74, 6) is 0. The van der Waals surface area contributed by atoms with Gasteiger partial charge in [-0.2, -0.15) is 0 Å². The Morgan fingerprint density at radius 1 is 1.50 bits per heavy atom. The van der Waals surface area contributed by atoms with Crippen molar-refractivity contribution in [3.63, 3.8) is 0 Å². The first-order valence-electron chi connectivity index (χ1n) is 2.23. The third-order valence-electron chi connectivity index (χ3n) is 1.20. The van der Waals surface area contributed by atoms with E-state index < -0.39 is 0 Å². The maximum Gasteiger partial charge on any atom is 0.0927 e. The van der Waals surface area contributed by atoms with Crippen molar-refractivity contribution in [3.05, 3.63) is 0 Å². The molecule has 0 aromatic rings. The minimum atomic E-state index is 0.171. The average molecular weight is 88.1 g/mol. The Balaban J connectivity index is 2.01. The summed E-state index contributed by atoms with van der Waals surface area (Å²) in [7, 11) is 0. The SMILES string of the molecule is OOC1CCC1. The molecule has 1 aliphatic rings. The van der Waals surface area contributed by atoms with Crippen molar-refractivity contribution in [3.8, 4) is 0 Å². The van der Waals surface area contributed by atoms with E-state index in [0.717, 1.165) is 12.8 Å². The summed E-state index contributed by atoms with van der Waals surface area (Å²) in [4.78, 5) is 3.99. The third-order valence-corrected chi connectivity index (χ3v) is 1.20. The van der Waals surface area contributed by atoms with Crippen molar-refractivity contribution in [1.29, 1.82) is 0 Å². The molecule has 0 unspecified atom stereocenters. The molecule has 0 aromatic carbocycles. The number of hydrogen-bond donors (Lipinski definition) is 1. The second-order valence-corrected chi connectivity index (χ2v) is 1.66. The Morgan fingerprint density at radius 3 is 2.17 bits per heavy atom. The van der Waals surface area contributed by atoms with Gasteiger partial charge in [-0.15, -0.1) is 0 Å². The van der Waals surface area contributed by atoms with Gasteiger partial charge < -0.3 is 0 Å². The van der Waals surface area contributed by atoms with Crippen LogP contribution in [-0.4, -0.2) is 11.4 Å². The van der Waals surface area contributed by atoms with E-state index in [1.54, 1.807) is 0 Å². The van der Waals surface area contributed by atoms with E-state index in [4.69, 9.17) is 5.26 Å². The van der Waals surface area contributed by atoms with Crippen molar-refractivity contribution >= 4 is 0 Å². The summed E-state index contributed by atoms with van der Waals surface area (Å²) in [6.07, 6.45) is 3.46. The molecule has 0 spiro atoms. The lowest BCUT2D eigenvalue weighted by Crippen LogP contribution is -2.19. The van der Waals surface area contributed by atoms with Crippen LogP contribution in [0.1, 0.15) is 19.3 Å². The van der Waals surface area contributed by atoms with Crippen LogP contribution in [0, 0.1) is 0 Å². The van der Waals surface area contributed by atoms with E-state index in [9.17, 15) is 0 Å². The lowest BCUT2D eigenvalue weighted by Gasteiger charge is -2.20. The van der Waals surface area contributed by atoms with Gasteiger partial charge in [0.1, 0.15) is 0 Å². The van der Waals surface area contributed by atoms with Crippen LogP contribution in [0.25, 0.3) is 0 Å². The Kier molecular flexibility index (Phi) is 1.08. The molecule has 0 amide bonds. The molecular formula is C4H8O2. The molecule has 0 bridgehead atoms. The fourth-order valence-corrected chi connectivity index (χ4v) is 0.476. The van der Waals surface area contributed by atoms with Crippen LogP contribution in [0.5, 0.6) is 0 Å². The zero-order valence-corrected chi connectivity index (χ0v) is 3.55. The molecule has 6 heavy (non-hydrogen) atoms. The van der Waals surface area contributed by atoms with Crippen LogP contribution in [0.2, 0.25) is 0 Å². The van der Waals surface area contributed by atoms with Crippen LogP contribution < -0.4 is 0 Å². The van der Waals surface area contributed by atoms with E-state index in [1.807, 2.05) is 0 Å². The minimum absolute atomic E-state index is 0.171. The van der Waals surface area contributed by atoms with Crippen molar-refractivity contribution in [2.45, 2.75) is 25.4 Å². The summed E-state index contributed by atoms with van der Waals surface area (Å²) in [5.41, 5.74) is 0. The van der Waals surface area contributed by atoms with E-state index in [-0.39, 0.29) is 6.10 Å². The molecule has 0 aromatic heterocycles. The Labute approximate surface area is 36.7 Å². The van der Waals surface area contributed by atoms with Crippen LogP contribution >= 0.6 is 0 Å². The Morgan fingerprint density at radius 2 is 2.17 bits per heavy atom. The van der Waals surface area contributed by atoms with Crippen LogP contribution in [-0.2, 0) is 4.89 Å². The molecule has 0 heterocycles. The zero-order valence-electron chi connectivity index (χ0n) is 3.55. The minimum Gasteiger partial charge on any atom is -0.252 e. The largest absolute Gasteiger partial charge is 0.252 e. The lowest BCUT2D eigenvalue weighted by molar-refractivity contribution is -0.293. The maximum absolute atomic E-state index is 7.89. The van der Waals surface area contributed by atoms with Crippen LogP contribution in [0.4, 0.5) is 0 Å². The lowest BCUT2D eigenvalue weighted by atomic mass is 9.97. The number of hydrogen-bond acceptors (Lipinski definition) is 2. The number of rotatable bonds is 1. The molecule has 2 heteroatoms. The van der Waals surface area contributed by atoms with Gasteiger partial charge in [-0.05, 0) is 19.3 Å². The Hall–Kier alpha value is -0.0800. The van der Waals surface area contributed by atoms with Crippen molar-refractivity contribution in [1.82, 2.24) is 0 Å². The molecule has 1 rings (SSSR count). The molecule has 2 nitrogen and oxygen atoms in total. The molecule has 1 N–H and O–H groups in total. The van der Waals surface area contributed by atoms with Crippen molar-refractivity contribution in [2.24, 2.45) is 0 Å². The highest BCUT2D eigenvalue weighted by Crippen LogP contribution is 2.20. The van der Waals surface area contributed by atoms with Crippen LogP contribution in [0.15, 0.2) is 0 Å². The fraction of sp³-hybridized carbons (Fsp3) is 1.00. The monoisotopic (exact) mass is 88.1 g/mol. The molecule has 1 fully saturated rings. The first kappa shape index (κ1) is 4.09. The van der Waals surface area contributed by atoms with Crippen molar-refractivity contribution in [2.75, 3.05) is 0 Å². The first-order chi connectivity index (χ1) is 2.93. The smallest absolute Gasteiger partial charge is 0.0927 e. The Bertz CT molecular complexity index is 38.1. The summed E-state index contributed by atoms with van der Waals surface area (Å²) in [6.45, 7) is 0. The highest BCUT2D eigenvalue weighted by atomic mass is 17.1. The molecule has 0 radical (unpaired) electrons. The molecule has 0 atom stereocenters. The van der Waals surface area contributed by atoms with Crippen molar-refractivity contribution < 1.29 is 10.1 Å². The highest BCUT2D eigenvalue weighted by molar-refractivity contribution is 4.66. The molecule has 0 aliphatic heterocycles. The molecule has 36 valence electrons. The van der Waals surface area contributed by atoms with E-state index in [2.05, 4.69) is 4.89 Å². The highest BCUT2D eigenvalue weighted by Gasteiger charge is 2.16. The normalized spacial score (nSPS) is 23.5. The van der Waals surface area contributed by atoms with Crippen LogP contribution in [0.3, 0.4) is 0 Å². The second-order valence-electron chi connectivity index (χ2n) is 1.66. The van der Waals surface area contributed by atoms with E-state index in [1.165, 1.54) is 6.42 Å². The average Bonchev–Trinajstić information content (AvgIpc) is 1.31. The summed E-state index contributed by atoms with van der Waals surface area (Å²) in [5, 5.41) is 7.89. The van der Waals surface area contributed by atoms with Gasteiger partial charge in [0, 0.05) is 0 Å². The summed E-state index contributed by atoms with van der Waals surface area (Å²) < 4.78 is 0. The fourth-order valence-electron chi connectivity index (χ4n) is 0.476. The summed E-state index contributed by atoms with van der Waals surface area (Å²) >= 11 is 0. The van der Waals surface area contributed by atoms with Gasteiger partial charge in [0.15, 0.2) is 0 Å². The quantitative estimate of drug-likeness (QED) is 0.383. The predicted octanol–water partition coefficient (Wildman–Crippen LogP) is 1.03.